The summed E-state index contributed by atoms with van der Waals surface area (Å²) in [5.41, 5.74) is 4.28. The molecule has 0 radical (unpaired) electrons. The normalized spacial score (nSPS) is 13.9. The molecular weight excluding hydrogens is 244 g/mol. The van der Waals surface area contributed by atoms with Gasteiger partial charge < -0.3 is 0 Å². The largest absolute Gasteiger partial charge is 0.277 e. The summed E-state index contributed by atoms with van der Waals surface area (Å²) in [6.45, 7) is 9.79. The highest BCUT2D eigenvalue weighted by molar-refractivity contribution is 5.85. The summed E-state index contributed by atoms with van der Waals surface area (Å²) in [5.74, 6) is 0. The van der Waals surface area contributed by atoms with Gasteiger partial charge in [-0.15, -0.1) is 0 Å². The van der Waals surface area contributed by atoms with Crippen LogP contribution in [-0.2, 0) is 0 Å². The molecule has 20 heavy (non-hydrogen) atoms. The molecule has 0 aromatic carbocycles. The molecule has 2 heteroatoms. The van der Waals surface area contributed by atoms with Crippen molar-refractivity contribution in [3.05, 3.63) is 78.7 Å². The number of rotatable bonds is 6. The first-order valence-corrected chi connectivity index (χ1v) is 6.73. The fourth-order valence-electron chi connectivity index (χ4n) is 1.86. The molecular formula is C18H22N2. The average Bonchev–Trinajstić information content (AvgIpc) is 2.92. The minimum atomic E-state index is 1.01. The molecule has 1 aromatic rings. The Morgan fingerprint density at radius 3 is 2.50 bits per heavy atom. The van der Waals surface area contributed by atoms with Crippen molar-refractivity contribution in [2.45, 2.75) is 20.8 Å². The molecule has 0 bridgehead atoms. The Morgan fingerprint density at radius 2 is 1.90 bits per heavy atom. The van der Waals surface area contributed by atoms with E-state index >= 15 is 0 Å². The number of aromatic nitrogens is 2. The smallest absolute Gasteiger partial charge is 0.0725 e. The summed E-state index contributed by atoms with van der Waals surface area (Å²) in [6.07, 6.45) is 19.8. The number of H-pyrrole nitrogens is 1. The zero-order valence-corrected chi connectivity index (χ0v) is 12.4. The van der Waals surface area contributed by atoms with E-state index in [9.17, 15) is 0 Å². The van der Waals surface area contributed by atoms with Crippen LogP contribution in [0.25, 0.3) is 11.1 Å². The quantitative estimate of drug-likeness (QED) is 0.714. The molecule has 1 heterocycles. The van der Waals surface area contributed by atoms with Gasteiger partial charge in [-0.3, -0.25) is 5.10 Å². The summed E-state index contributed by atoms with van der Waals surface area (Å²) in [7, 11) is 0. The summed E-state index contributed by atoms with van der Waals surface area (Å²) in [6, 6.07) is 0. The minimum Gasteiger partial charge on any atom is -0.277 e. The van der Waals surface area contributed by atoms with E-state index in [2.05, 4.69) is 35.0 Å². The van der Waals surface area contributed by atoms with E-state index in [1.54, 1.807) is 6.08 Å². The third-order valence-electron chi connectivity index (χ3n) is 2.77. The Kier molecular flexibility index (Phi) is 6.83. The maximum Gasteiger partial charge on any atom is 0.0725 e. The first-order valence-electron chi connectivity index (χ1n) is 6.73. The van der Waals surface area contributed by atoms with E-state index in [0.29, 0.717) is 0 Å². The van der Waals surface area contributed by atoms with Crippen molar-refractivity contribution in [2.24, 2.45) is 0 Å². The number of nitrogens with zero attached hydrogens (tertiary/aromatic N) is 1. The van der Waals surface area contributed by atoms with E-state index in [1.165, 1.54) is 0 Å². The van der Waals surface area contributed by atoms with Gasteiger partial charge >= 0.3 is 0 Å². The van der Waals surface area contributed by atoms with E-state index < -0.39 is 0 Å². The molecule has 104 valence electrons. The van der Waals surface area contributed by atoms with Crippen molar-refractivity contribution in [2.75, 3.05) is 0 Å². The Hall–Kier alpha value is -2.35. The molecule has 0 amide bonds. The molecule has 0 aliphatic carbocycles. The summed E-state index contributed by atoms with van der Waals surface area (Å²) in [5, 5.41) is 7.26. The van der Waals surface area contributed by atoms with Gasteiger partial charge in [-0.25, -0.2) is 0 Å². The standard InChI is InChI=1S/C18H22N2/c1-5-9-10-13-15(8-4)18-17(14-19-20-18)16(11-6-2)12-7-3/h5-14H,2H2,1,3-4H3,(H,19,20)/b9-5-,12-7-,13-10-,15-8+,16-11+. The molecule has 2 nitrogen and oxygen atoms in total. The second-order valence-corrected chi connectivity index (χ2v) is 4.15. The van der Waals surface area contributed by atoms with Crippen LogP contribution in [0.1, 0.15) is 32.0 Å². The molecule has 0 spiro atoms. The lowest BCUT2D eigenvalue weighted by Gasteiger charge is -2.04. The highest BCUT2D eigenvalue weighted by Gasteiger charge is 2.09. The van der Waals surface area contributed by atoms with Gasteiger partial charge in [0.2, 0.25) is 0 Å². The van der Waals surface area contributed by atoms with Gasteiger partial charge in [0.25, 0.3) is 0 Å². The monoisotopic (exact) mass is 266 g/mol. The predicted molar refractivity (Wildman–Crippen MR) is 89.2 cm³/mol. The molecule has 0 aliphatic rings. The number of aromatic amines is 1. The molecule has 0 unspecified atom stereocenters. The third-order valence-corrected chi connectivity index (χ3v) is 2.77. The topological polar surface area (TPSA) is 28.7 Å². The Bertz CT molecular complexity index is 578. The van der Waals surface area contributed by atoms with Gasteiger partial charge in [-0.2, -0.15) is 5.10 Å². The van der Waals surface area contributed by atoms with E-state index in [4.69, 9.17) is 0 Å². The van der Waals surface area contributed by atoms with E-state index in [0.717, 1.165) is 22.4 Å². The van der Waals surface area contributed by atoms with E-state index in [-0.39, 0.29) is 0 Å². The second-order valence-electron chi connectivity index (χ2n) is 4.15. The van der Waals surface area contributed by atoms with Crippen LogP contribution in [0.2, 0.25) is 0 Å². The zero-order valence-electron chi connectivity index (χ0n) is 12.4. The van der Waals surface area contributed by atoms with Crippen molar-refractivity contribution in [3.8, 4) is 0 Å². The fourth-order valence-corrected chi connectivity index (χ4v) is 1.86. The highest BCUT2D eigenvalue weighted by Crippen LogP contribution is 2.25. The minimum absolute atomic E-state index is 1.01. The van der Waals surface area contributed by atoms with Crippen molar-refractivity contribution in [3.63, 3.8) is 0 Å². The average molecular weight is 266 g/mol. The number of hydrogen-bond donors (Lipinski definition) is 1. The van der Waals surface area contributed by atoms with Crippen LogP contribution in [-0.4, -0.2) is 10.2 Å². The zero-order chi connectivity index (χ0) is 14.8. The summed E-state index contributed by atoms with van der Waals surface area (Å²) >= 11 is 0. The van der Waals surface area contributed by atoms with Gasteiger partial charge in [0.1, 0.15) is 0 Å². The summed E-state index contributed by atoms with van der Waals surface area (Å²) in [4.78, 5) is 0. The molecule has 0 saturated heterocycles. The van der Waals surface area contributed by atoms with Crippen LogP contribution in [0.5, 0.6) is 0 Å². The third kappa shape index (κ3) is 4.09. The van der Waals surface area contributed by atoms with Crippen LogP contribution in [0.4, 0.5) is 0 Å². The molecule has 0 aliphatic heterocycles. The molecule has 0 fully saturated rings. The number of nitrogens with one attached hydrogen (secondary N) is 1. The molecule has 1 rings (SSSR count). The Labute approximate surface area is 121 Å². The van der Waals surface area contributed by atoms with Gasteiger partial charge in [0.05, 0.1) is 11.9 Å². The first kappa shape index (κ1) is 15.7. The lowest BCUT2D eigenvalue weighted by Crippen LogP contribution is -1.88. The van der Waals surface area contributed by atoms with Gasteiger partial charge in [-0.05, 0) is 31.9 Å². The van der Waals surface area contributed by atoms with Crippen LogP contribution in [0.15, 0.2) is 67.5 Å². The maximum absolute atomic E-state index is 4.18. The van der Waals surface area contributed by atoms with E-state index in [1.807, 2.05) is 57.3 Å². The SMILES string of the molecule is C=C/C=C(\C=C/C)c1cn[nH]c1C(/C=C\C=C/C)=C/C. The van der Waals surface area contributed by atoms with Gasteiger partial charge in [0.15, 0.2) is 0 Å². The van der Waals surface area contributed by atoms with Crippen LogP contribution < -0.4 is 0 Å². The molecule has 0 saturated carbocycles. The van der Waals surface area contributed by atoms with Crippen LogP contribution in [0.3, 0.4) is 0 Å². The Balaban J connectivity index is 3.24. The van der Waals surface area contributed by atoms with Crippen molar-refractivity contribution >= 4 is 11.1 Å². The fraction of sp³-hybridized carbons (Fsp3) is 0.167. The van der Waals surface area contributed by atoms with Gasteiger partial charge in [0, 0.05) is 5.56 Å². The Morgan fingerprint density at radius 1 is 1.10 bits per heavy atom. The van der Waals surface area contributed by atoms with Crippen LogP contribution in [0, 0.1) is 0 Å². The van der Waals surface area contributed by atoms with Crippen molar-refractivity contribution in [1.29, 1.82) is 0 Å². The summed E-state index contributed by atoms with van der Waals surface area (Å²) < 4.78 is 0. The number of hydrogen-bond acceptors (Lipinski definition) is 1. The predicted octanol–water partition coefficient (Wildman–Crippen LogP) is 5.09. The molecule has 0 atom stereocenters. The van der Waals surface area contributed by atoms with Crippen molar-refractivity contribution in [1.82, 2.24) is 10.2 Å². The molecule has 1 N–H and O–H groups in total. The second kappa shape index (κ2) is 8.70. The maximum atomic E-state index is 4.18. The first-order chi connectivity index (χ1) is 9.78. The lowest BCUT2D eigenvalue weighted by molar-refractivity contribution is 1.07. The van der Waals surface area contributed by atoms with Crippen molar-refractivity contribution < 1.29 is 0 Å². The molecule has 1 aromatic heterocycles. The lowest BCUT2D eigenvalue weighted by atomic mass is 10.0. The van der Waals surface area contributed by atoms with Crippen LogP contribution >= 0.6 is 0 Å². The highest BCUT2D eigenvalue weighted by atomic mass is 15.1. The number of allylic oxidation sites excluding steroid dienone is 11. The van der Waals surface area contributed by atoms with Gasteiger partial charge in [-0.1, -0.05) is 61.3 Å².